The summed E-state index contributed by atoms with van der Waals surface area (Å²) in [6, 6.07) is 9.67. The van der Waals surface area contributed by atoms with Gasteiger partial charge in [-0.3, -0.25) is 10.1 Å². The van der Waals surface area contributed by atoms with Gasteiger partial charge in [-0.2, -0.15) is 0 Å². The van der Waals surface area contributed by atoms with E-state index in [0.29, 0.717) is 5.92 Å². The summed E-state index contributed by atoms with van der Waals surface area (Å²) < 4.78 is 0. The van der Waals surface area contributed by atoms with Crippen LogP contribution in [0.4, 0.5) is 0 Å². The van der Waals surface area contributed by atoms with Gasteiger partial charge >= 0.3 is 5.97 Å². The first-order chi connectivity index (χ1) is 8.60. The molecule has 3 heteroatoms. The Hall–Kier alpha value is -1.35. The molecule has 1 rings (SSSR count). The average Bonchev–Trinajstić information content (AvgIpc) is 2.39. The van der Waals surface area contributed by atoms with Gasteiger partial charge in [0.25, 0.3) is 0 Å². The molecule has 2 N–H and O–H groups in total. The minimum absolute atomic E-state index is 0.104. The van der Waals surface area contributed by atoms with Crippen molar-refractivity contribution in [1.29, 1.82) is 0 Å². The van der Waals surface area contributed by atoms with Crippen molar-refractivity contribution < 1.29 is 9.90 Å². The van der Waals surface area contributed by atoms with Crippen molar-refractivity contribution in [3.8, 4) is 0 Å². The summed E-state index contributed by atoms with van der Waals surface area (Å²) in [6.45, 7) is 6.00. The lowest BCUT2D eigenvalue weighted by atomic mass is 9.88. The van der Waals surface area contributed by atoms with Crippen LogP contribution < -0.4 is 5.32 Å². The normalized spacial score (nSPS) is 14.4. The van der Waals surface area contributed by atoms with Crippen LogP contribution in [0.15, 0.2) is 30.3 Å². The Balaban J connectivity index is 2.92. The van der Waals surface area contributed by atoms with Crippen molar-refractivity contribution in [3.05, 3.63) is 35.9 Å². The van der Waals surface area contributed by atoms with E-state index in [0.717, 1.165) is 12.8 Å². The van der Waals surface area contributed by atoms with Gasteiger partial charge in [0.2, 0.25) is 0 Å². The van der Waals surface area contributed by atoms with Crippen molar-refractivity contribution in [1.82, 2.24) is 5.32 Å². The lowest BCUT2D eigenvalue weighted by Gasteiger charge is -2.28. The van der Waals surface area contributed by atoms with E-state index < -0.39 is 12.0 Å². The third kappa shape index (κ3) is 3.84. The first kappa shape index (κ1) is 14.7. The van der Waals surface area contributed by atoms with Gasteiger partial charge in [0.15, 0.2) is 0 Å². The summed E-state index contributed by atoms with van der Waals surface area (Å²) in [5, 5.41) is 12.3. The maximum atomic E-state index is 11.0. The fourth-order valence-electron chi connectivity index (χ4n) is 2.27. The van der Waals surface area contributed by atoms with Crippen LogP contribution in [0.3, 0.4) is 0 Å². The molecule has 0 amide bonds. The van der Waals surface area contributed by atoms with Gasteiger partial charge in [0.05, 0.1) is 0 Å². The summed E-state index contributed by atoms with van der Waals surface area (Å²) in [7, 11) is 0. The third-order valence-electron chi connectivity index (χ3n) is 3.48. The van der Waals surface area contributed by atoms with Crippen LogP contribution in [0.2, 0.25) is 0 Å². The quantitative estimate of drug-likeness (QED) is 0.780. The van der Waals surface area contributed by atoms with E-state index in [1.165, 1.54) is 5.56 Å². The molecule has 18 heavy (non-hydrogen) atoms. The van der Waals surface area contributed by atoms with Crippen LogP contribution in [-0.4, -0.2) is 17.1 Å². The van der Waals surface area contributed by atoms with Crippen LogP contribution in [0.5, 0.6) is 0 Å². The summed E-state index contributed by atoms with van der Waals surface area (Å²) in [4.78, 5) is 11.0. The fraction of sp³-hybridized carbons (Fsp3) is 0.533. The number of carboxylic acid groups (broad SMARTS) is 1. The van der Waals surface area contributed by atoms with E-state index in [4.69, 9.17) is 5.11 Å². The molecule has 0 bridgehead atoms. The topological polar surface area (TPSA) is 49.3 Å². The molecule has 0 aromatic heterocycles. The Morgan fingerprint density at radius 1 is 1.22 bits per heavy atom. The molecule has 0 saturated carbocycles. The number of nitrogens with one attached hydrogen (secondary N) is 1. The van der Waals surface area contributed by atoms with Crippen molar-refractivity contribution in [3.63, 3.8) is 0 Å². The molecule has 0 aliphatic heterocycles. The predicted molar refractivity (Wildman–Crippen MR) is 73.5 cm³/mol. The monoisotopic (exact) mass is 249 g/mol. The second kappa shape index (κ2) is 7.17. The number of carboxylic acids is 1. The molecule has 0 fully saturated rings. The number of carbonyl (C=O) groups is 1. The second-order valence-electron chi connectivity index (χ2n) is 4.69. The standard InChI is InChI=1S/C15H23NO2/c1-4-12(5-2)14(16-11(3)15(17)18)13-9-7-6-8-10-13/h6-12,14,16H,4-5H2,1-3H3,(H,17,18). The second-order valence-corrected chi connectivity index (χ2v) is 4.69. The number of hydrogen-bond acceptors (Lipinski definition) is 2. The summed E-state index contributed by atoms with van der Waals surface area (Å²) in [5.74, 6) is -0.351. The molecular weight excluding hydrogens is 226 g/mol. The van der Waals surface area contributed by atoms with Gasteiger partial charge in [-0.25, -0.2) is 0 Å². The molecule has 3 nitrogen and oxygen atoms in total. The Kier molecular flexibility index (Phi) is 5.86. The summed E-state index contributed by atoms with van der Waals surface area (Å²) >= 11 is 0. The van der Waals surface area contributed by atoms with E-state index in [1.807, 2.05) is 18.2 Å². The molecule has 1 aromatic carbocycles. The third-order valence-corrected chi connectivity index (χ3v) is 3.48. The Morgan fingerprint density at radius 3 is 2.22 bits per heavy atom. The highest BCUT2D eigenvalue weighted by Crippen LogP contribution is 2.27. The van der Waals surface area contributed by atoms with Gasteiger partial charge in [-0.15, -0.1) is 0 Å². The zero-order valence-corrected chi connectivity index (χ0v) is 11.4. The van der Waals surface area contributed by atoms with E-state index in [2.05, 4.69) is 31.3 Å². The van der Waals surface area contributed by atoms with Gasteiger partial charge in [0.1, 0.15) is 6.04 Å². The first-order valence-electron chi connectivity index (χ1n) is 6.63. The molecule has 0 heterocycles. The van der Waals surface area contributed by atoms with Gasteiger partial charge in [0, 0.05) is 6.04 Å². The molecule has 100 valence electrons. The van der Waals surface area contributed by atoms with Crippen LogP contribution >= 0.6 is 0 Å². The smallest absolute Gasteiger partial charge is 0.320 e. The summed E-state index contributed by atoms with van der Waals surface area (Å²) in [6.07, 6.45) is 2.07. The van der Waals surface area contributed by atoms with E-state index in [9.17, 15) is 4.79 Å². The average molecular weight is 249 g/mol. The maximum Gasteiger partial charge on any atom is 0.320 e. The van der Waals surface area contributed by atoms with E-state index in [1.54, 1.807) is 6.92 Å². The van der Waals surface area contributed by atoms with Crippen molar-refractivity contribution in [2.75, 3.05) is 0 Å². The Labute approximate surface area is 109 Å². The van der Waals surface area contributed by atoms with Crippen LogP contribution in [0.1, 0.15) is 45.2 Å². The van der Waals surface area contributed by atoms with Gasteiger partial charge < -0.3 is 5.11 Å². The number of benzene rings is 1. The molecule has 0 aliphatic carbocycles. The predicted octanol–water partition coefficient (Wildman–Crippen LogP) is 3.23. The lowest BCUT2D eigenvalue weighted by molar-refractivity contribution is -0.139. The SMILES string of the molecule is CCC(CC)C(NC(C)C(=O)O)c1ccccc1. The molecule has 0 spiro atoms. The number of rotatable bonds is 7. The molecular formula is C15H23NO2. The Bertz CT molecular complexity index is 360. The molecule has 2 atom stereocenters. The number of aliphatic carboxylic acids is 1. The molecule has 2 unspecified atom stereocenters. The Morgan fingerprint density at radius 2 is 1.78 bits per heavy atom. The van der Waals surface area contributed by atoms with Crippen molar-refractivity contribution in [2.24, 2.45) is 5.92 Å². The van der Waals surface area contributed by atoms with Crippen LogP contribution in [-0.2, 0) is 4.79 Å². The minimum atomic E-state index is -0.804. The lowest BCUT2D eigenvalue weighted by Crippen LogP contribution is -2.39. The van der Waals surface area contributed by atoms with Crippen molar-refractivity contribution in [2.45, 2.75) is 45.7 Å². The highest BCUT2D eigenvalue weighted by Gasteiger charge is 2.24. The highest BCUT2D eigenvalue weighted by atomic mass is 16.4. The van der Waals surface area contributed by atoms with Crippen LogP contribution in [0.25, 0.3) is 0 Å². The molecule has 0 aliphatic rings. The zero-order chi connectivity index (χ0) is 13.5. The molecule has 1 aromatic rings. The maximum absolute atomic E-state index is 11.0. The highest BCUT2D eigenvalue weighted by molar-refractivity contribution is 5.72. The zero-order valence-electron chi connectivity index (χ0n) is 11.4. The van der Waals surface area contributed by atoms with E-state index in [-0.39, 0.29) is 6.04 Å². The van der Waals surface area contributed by atoms with E-state index >= 15 is 0 Å². The molecule has 0 saturated heterocycles. The largest absolute Gasteiger partial charge is 0.480 e. The van der Waals surface area contributed by atoms with Crippen LogP contribution in [0, 0.1) is 5.92 Å². The summed E-state index contributed by atoms with van der Waals surface area (Å²) in [5.41, 5.74) is 1.17. The number of hydrogen-bond donors (Lipinski definition) is 2. The fourth-order valence-corrected chi connectivity index (χ4v) is 2.27. The first-order valence-corrected chi connectivity index (χ1v) is 6.63. The minimum Gasteiger partial charge on any atom is -0.480 e. The molecule has 0 radical (unpaired) electrons. The van der Waals surface area contributed by atoms with Gasteiger partial charge in [-0.05, 0) is 18.4 Å². The van der Waals surface area contributed by atoms with Crippen molar-refractivity contribution >= 4 is 5.97 Å². The van der Waals surface area contributed by atoms with Gasteiger partial charge in [-0.1, -0.05) is 57.0 Å².